The topological polar surface area (TPSA) is 51.2 Å². The first-order valence-corrected chi connectivity index (χ1v) is 7.55. The Hall–Kier alpha value is -2.14. The first-order chi connectivity index (χ1) is 10.1. The van der Waals surface area contributed by atoms with Crippen molar-refractivity contribution in [2.75, 3.05) is 12.4 Å². The summed E-state index contributed by atoms with van der Waals surface area (Å²) in [5.74, 6) is 0.931. The molecule has 0 fully saturated rings. The van der Waals surface area contributed by atoms with Crippen LogP contribution in [0.15, 0.2) is 35.7 Å². The van der Waals surface area contributed by atoms with Crippen LogP contribution in [0.2, 0.25) is 0 Å². The van der Waals surface area contributed by atoms with E-state index in [1.807, 2.05) is 29.6 Å². The number of carbonyl (C=O) groups excluding carboxylic acids is 1. The summed E-state index contributed by atoms with van der Waals surface area (Å²) in [4.78, 5) is 16.2. The quantitative estimate of drug-likeness (QED) is 0.851. The minimum absolute atomic E-state index is 0.192. The average molecular weight is 302 g/mol. The highest BCUT2D eigenvalue weighted by atomic mass is 32.1. The fourth-order valence-electron chi connectivity index (χ4n) is 1.67. The molecule has 110 valence electrons. The van der Waals surface area contributed by atoms with Crippen LogP contribution in [0, 0.1) is 0 Å². The number of methoxy groups -OCH3 is 1. The van der Waals surface area contributed by atoms with E-state index in [9.17, 15) is 4.79 Å². The molecule has 2 rings (SSSR count). The summed E-state index contributed by atoms with van der Waals surface area (Å²) in [6.07, 6.45) is 3.24. The van der Waals surface area contributed by atoms with Crippen molar-refractivity contribution in [2.45, 2.75) is 19.8 Å². The van der Waals surface area contributed by atoms with Gasteiger partial charge < -0.3 is 4.74 Å². The molecule has 1 amide bonds. The lowest BCUT2D eigenvalue weighted by atomic mass is 10.2. The molecule has 4 nitrogen and oxygen atoms in total. The highest BCUT2D eigenvalue weighted by molar-refractivity contribution is 7.14. The van der Waals surface area contributed by atoms with Gasteiger partial charge in [-0.2, -0.15) is 0 Å². The van der Waals surface area contributed by atoms with Crippen LogP contribution in [0.25, 0.3) is 6.08 Å². The van der Waals surface area contributed by atoms with Crippen molar-refractivity contribution < 1.29 is 9.53 Å². The molecule has 0 unspecified atom stereocenters. The second-order valence-electron chi connectivity index (χ2n) is 4.83. The van der Waals surface area contributed by atoms with Gasteiger partial charge in [0, 0.05) is 11.5 Å². The van der Waals surface area contributed by atoms with Gasteiger partial charge in [0.15, 0.2) is 5.13 Å². The Balaban J connectivity index is 1.98. The van der Waals surface area contributed by atoms with E-state index < -0.39 is 0 Å². The second kappa shape index (κ2) is 7.04. The van der Waals surface area contributed by atoms with E-state index in [2.05, 4.69) is 24.1 Å². The number of hydrogen-bond acceptors (Lipinski definition) is 4. The van der Waals surface area contributed by atoms with E-state index in [4.69, 9.17) is 4.74 Å². The number of rotatable bonds is 5. The highest BCUT2D eigenvalue weighted by Crippen LogP contribution is 2.21. The standard InChI is InChI=1S/C16H18N2O2S/c1-11(2)14-10-21-16(17-14)18-15(19)8-7-12-5-4-6-13(9-12)20-3/h4-11H,1-3H3,(H,17,18,19). The van der Waals surface area contributed by atoms with Gasteiger partial charge in [-0.3, -0.25) is 10.1 Å². The summed E-state index contributed by atoms with van der Waals surface area (Å²) in [6, 6.07) is 7.52. The van der Waals surface area contributed by atoms with Crippen LogP contribution in [0.1, 0.15) is 31.0 Å². The van der Waals surface area contributed by atoms with Crippen LogP contribution in [0.5, 0.6) is 5.75 Å². The third kappa shape index (κ3) is 4.43. The van der Waals surface area contributed by atoms with Gasteiger partial charge in [0.2, 0.25) is 5.91 Å². The maximum absolute atomic E-state index is 11.9. The lowest BCUT2D eigenvalue weighted by Gasteiger charge is -2.00. The minimum Gasteiger partial charge on any atom is -0.497 e. The Kier molecular flexibility index (Phi) is 5.11. The molecule has 0 bridgehead atoms. The van der Waals surface area contributed by atoms with Crippen molar-refractivity contribution in [1.29, 1.82) is 0 Å². The fourth-order valence-corrected chi connectivity index (χ4v) is 2.55. The third-order valence-corrected chi connectivity index (χ3v) is 3.64. The first kappa shape index (κ1) is 15.3. The molecule has 0 radical (unpaired) electrons. The summed E-state index contributed by atoms with van der Waals surface area (Å²) >= 11 is 1.44. The Morgan fingerprint density at radius 2 is 2.24 bits per heavy atom. The summed E-state index contributed by atoms with van der Waals surface area (Å²) in [5, 5.41) is 5.35. The van der Waals surface area contributed by atoms with Crippen LogP contribution in [0.4, 0.5) is 5.13 Å². The Bertz CT molecular complexity index is 647. The molecule has 0 saturated heterocycles. The Morgan fingerprint density at radius 3 is 2.90 bits per heavy atom. The number of amides is 1. The molecule has 0 aliphatic carbocycles. The Labute approximate surface area is 128 Å². The van der Waals surface area contributed by atoms with Crippen molar-refractivity contribution in [1.82, 2.24) is 4.98 Å². The number of nitrogens with zero attached hydrogens (tertiary/aromatic N) is 1. The predicted molar refractivity (Wildman–Crippen MR) is 86.9 cm³/mol. The zero-order valence-electron chi connectivity index (χ0n) is 12.3. The summed E-state index contributed by atoms with van der Waals surface area (Å²) in [7, 11) is 1.62. The molecule has 0 saturated carbocycles. The smallest absolute Gasteiger partial charge is 0.250 e. The van der Waals surface area contributed by atoms with Crippen molar-refractivity contribution in [2.24, 2.45) is 0 Å². The van der Waals surface area contributed by atoms with Gasteiger partial charge in [0.25, 0.3) is 0 Å². The molecule has 0 aliphatic rings. The maximum atomic E-state index is 11.9. The molecule has 0 spiro atoms. The van der Waals surface area contributed by atoms with Crippen molar-refractivity contribution in [3.05, 3.63) is 47.0 Å². The van der Waals surface area contributed by atoms with Gasteiger partial charge >= 0.3 is 0 Å². The summed E-state index contributed by atoms with van der Waals surface area (Å²) < 4.78 is 5.14. The highest BCUT2D eigenvalue weighted by Gasteiger charge is 2.06. The monoisotopic (exact) mass is 302 g/mol. The molecule has 1 aromatic carbocycles. The number of anilines is 1. The van der Waals surface area contributed by atoms with E-state index in [1.54, 1.807) is 13.2 Å². The predicted octanol–water partition coefficient (Wildman–Crippen LogP) is 3.93. The van der Waals surface area contributed by atoms with Crippen molar-refractivity contribution >= 4 is 28.5 Å². The van der Waals surface area contributed by atoms with Crippen LogP contribution in [-0.4, -0.2) is 18.0 Å². The normalized spacial score (nSPS) is 11.0. The molecule has 1 heterocycles. The summed E-state index contributed by atoms with van der Waals surface area (Å²) in [6.45, 7) is 4.15. The number of aromatic nitrogens is 1. The lowest BCUT2D eigenvalue weighted by Crippen LogP contribution is -2.07. The van der Waals surface area contributed by atoms with Crippen LogP contribution in [0.3, 0.4) is 0 Å². The Morgan fingerprint density at radius 1 is 1.43 bits per heavy atom. The van der Waals surface area contributed by atoms with Gasteiger partial charge in [-0.25, -0.2) is 4.98 Å². The lowest BCUT2D eigenvalue weighted by molar-refractivity contribution is -0.111. The fraction of sp³-hybridized carbons (Fsp3) is 0.250. The molecule has 2 aromatic rings. The van der Waals surface area contributed by atoms with E-state index >= 15 is 0 Å². The van der Waals surface area contributed by atoms with Gasteiger partial charge in [-0.05, 0) is 29.7 Å². The zero-order valence-corrected chi connectivity index (χ0v) is 13.1. The van der Waals surface area contributed by atoms with Gasteiger partial charge in [-0.1, -0.05) is 26.0 Å². The van der Waals surface area contributed by atoms with E-state index in [-0.39, 0.29) is 5.91 Å². The second-order valence-corrected chi connectivity index (χ2v) is 5.69. The maximum Gasteiger partial charge on any atom is 0.250 e. The first-order valence-electron chi connectivity index (χ1n) is 6.67. The molecule has 21 heavy (non-hydrogen) atoms. The number of nitrogens with one attached hydrogen (secondary N) is 1. The molecule has 1 N–H and O–H groups in total. The molecule has 1 aromatic heterocycles. The minimum atomic E-state index is -0.192. The molecular formula is C16H18N2O2S. The van der Waals surface area contributed by atoms with E-state index in [0.717, 1.165) is 17.0 Å². The molecule has 0 atom stereocenters. The number of hydrogen-bond donors (Lipinski definition) is 1. The van der Waals surface area contributed by atoms with E-state index in [0.29, 0.717) is 11.0 Å². The molecular weight excluding hydrogens is 284 g/mol. The third-order valence-electron chi connectivity index (χ3n) is 2.86. The number of thiazole rings is 1. The SMILES string of the molecule is COc1cccc(C=CC(=O)Nc2nc(C(C)C)cs2)c1. The van der Waals surface area contributed by atoms with Crippen LogP contribution < -0.4 is 10.1 Å². The van der Waals surface area contributed by atoms with Crippen LogP contribution >= 0.6 is 11.3 Å². The van der Waals surface area contributed by atoms with Crippen molar-refractivity contribution in [3.8, 4) is 5.75 Å². The number of carbonyl (C=O) groups is 1. The summed E-state index contributed by atoms with van der Waals surface area (Å²) in [5.41, 5.74) is 1.90. The number of ether oxygens (including phenoxy) is 1. The van der Waals surface area contributed by atoms with Gasteiger partial charge in [0.1, 0.15) is 5.75 Å². The van der Waals surface area contributed by atoms with Crippen molar-refractivity contribution in [3.63, 3.8) is 0 Å². The van der Waals surface area contributed by atoms with Gasteiger partial charge in [-0.15, -0.1) is 11.3 Å². The van der Waals surface area contributed by atoms with E-state index in [1.165, 1.54) is 17.4 Å². The molecule has 5 heteroatoms. The average Bonchev–Trinajstić information content (AvgIpc) is 2.94. The zero-order chi connectivity index (χ0) is 15.2. The number of benzene rings is 1. The molecule has 0 aliphatic heterocycles. The van der Waals surface area contributed by atoms with Gasteiger partial charge in [0.05, 0.1) is 12.8 Å². The largest absolute Gasteiger partial charge is 0.497 e. The van der Waals surface area contributed by atoms with Crippen LogP contribution in [-0.2, 0) is 4.79 Å².